The number of rotatable bonds is 11. The van der Waals surface area contributed by atoms with Crippen molar-refractivity contribution in [1.29, 1.82) is 0 Å². The minimum atomic E-state index is -5.74. The number of aliphatic hydroxyl groups excluding tert-OH is 1. The van der Waals surface area contributed by atoms with Gasteiger partial charge in [0.25, 0.3) is 0 Å². The highest BCUT2D eigenvalue weighted by atomic mass is 31.3. The van der Waals surface area contributed by atoms with Crippen molar-refractivity contribution in [2.24, 2.45) is 0 Å². The second-order valence-corrected chi connectivity index (χ2v) is 12.7. The number of hydrogen-bond donors (Lipinski definition) is 9. The molecule has 1 saturated heterocycles. The molecule has 0 aromatic carbocycles. The lowest BCUT2D eigenvalue weighted by Gasteiger charge is -2.19. The van der Waals surface area contributed by atoms with Crippen LogP contribution in [0.1, 0.15) is 24.6 Å². The smallest absolute Gasteiger partial charge is 0.390 e. The second kappa shape index (κ2) is 12.3. The lowest BCUT2D eigenvalue weighted by molar-refractivity contribution is -0.0449. The molecule has 20 nitrogen and oxygen atoms in total. The van der Waals surface area contributed by atoms with Crippen LogP contribution >= 0.6 is 31.6 Å². The van der Waals surface area contributed by atoms with Crippen LogP contribution < -0.4 is 11.4 Å². The molecular formula is C13H22N3O17P4+. The van der Waals surface area contributed by atoms with Crippen molar-refractivity contribution in [3.8, 4) is 11.8 Å². The largest absolute Gasteiger partial charge is 0.567 e. The Hall–Kier alpha value is -1.16. The normalized spacial score (nSPS) is 23.6. The fourth-order valence-corrected chi connectivity index (χ4v) is 6.03. The third-order valence-electron chi connectivity index (χ3n) is 4.03. The molecule has 210 valence electrons. The van der Waals surface area contributed by atoms with Crippen LogP contribution in [0.15, 0.2) is 11.0 Å². The van der Waals surface area contributed by atoms with Crippen LogP contribution in [0.4, 0.5) is 5.82 Å². The molecule has 24 heteroatoms. The van der Waals surface area contributed by atoms with Crippen LogP contribution in [0, 0.1) is 11.8 Å². The van der Waals surface area contributed by atoms with E-state index in [1.54, 1.807) is 0 Å². The standard InChI is InChI=1S/C13H21N3O17P4/c14-12-8(3-1-2-4-29-34(19,20)21)6-16(13(18)15-12)11-5-9(17)10(31-11)7-30-36(25,26)33-37(27,28)32-35(22,23)24/h6,9-11,17,19-21H,2,4-5,7H2,(H5-,14,15,18,22,23,24,25,26,27,28)/p+1. The molecule has 1 aromatic rings. The molecule has 5 unspecified atom stereocenters. The summed E-state index contributed by atoms with van der Waals surface area (Å²) in [5.74, 6) is 4.79. The minimum Gasteiger partial charge on any atom is -0.390 e. The number of hydrogen-bond acceptors (Lipinski definition) is 15. The highest BCUT2D eigenvalue weighted by molar-refractivity contribution is 7.66. The van der Waals surface area contributed by atoms with Crippen molar-refractivity contribution in [3.63, 3.8) is 0 Å². The first-order valence-corrected chi connectivity index (χ1v) is 15.6. The molecule has 37 heavy (non-hydrogen) atoms. The van der Waals surface area contributed by atoms with Crippen LogP contribution in [0.25, 0.3) is 0 Å². The van der Waals surface area contributed by atoms with Gasteiger partial charge in [0.15, 0.2) is 0 Å². The molecule has 5 atom stereocenters. The lowest BCUT2D eigenvalue weighted by Crippen LogP contribution is -2.29. The lowest BCUT2D eigenvalue weighted by atomic mass is 10.2. The van der Waals surface area contributed by atoms with E-state index in [1.165, 1.54) is 0 Å². The zero-order valence-corrected chi connectivity index (χ0v) is 21.7. The highest BCUT2D eigenvalue weighted by Crippen LogP contribution is 2.66. The average molecular weight is 616 g/mol. The Labute approximate surface area is 207 Å². The van der Waals surface area contributed by atoms with Crippen molar-refractivity contribution < 1.29 is 75.5 Å². The Bertz CT molecular complexity index is 1230. The summed E-state index contributed by atoms with van der Waals surface area (Å²) in [6.45, 7) is -1.29. The van der Waals surface area contributed by atoms with Crippen LogP contribution in [0.2, 0.25) is 0 Å². The molecule has 0 amide bonds. The van der Waals surface area contributed by atoms with E-state index in [1.807, 2.05) is 0 Å². The Morgan fingerprint density at radius 1 is 1.16 bits per heavy atom. The van der Waals surface area contributed by atoms with Crippen LogP contribution in [0.3, 0.4) is 0 Å². The zero-order valence-electron chi connectivity index (χ0n) is 18.2. The summed E-state index contributed by atoms with van der Waals surface area (Å²) >= 11 is 0. The van der Waals surface area contributed by atoms with Crippen molar-refractivity contribution >= 4 is 37.5 Å². The molecule has 0 spiro atoms. The van der Waals surface area contributed by atoms with Gasteiger partial charge in [-0.25, -0.2) is 18.5 Å². The van der Waals surface area contributed by atoms with E-state index in [0.717, 1.165) is 10.8 Å². The van der Waals surface area contributed by atoms with Crippen molar-refractivity contribution in [2.45, 2.75) is 31.3 Å². The number of phosphoric acid groups is 3. The predicted molar refractivity (Wildman–Crippen MR) is 118 cm³/mol. The first-order valence-electron chi connectivity index (χ1n) is 9.48. The summed E-state index contributed by atoms with van der Waals surface area (Å²) in [5, 5.41) is 10.2. The van der Waals surface area contributed by atoms with Crippen LogP contribution in [0.5, 0.6) is 0 Å². The van der Waals surface area contributed by atoms with Gasteiger partial charge in [0.2, 0.25) is 0 Å². The third kappa shape index (κ3) is 11.2. The van der Waals surface area contributed by atoms with Crippen molar-refractivity contribution in [3.05, 3.63) is 22.2 Å². The minimum absolute atomic E-state index is 0.0208. The average Bonchev–Trinajstić information content (AvgIpc) is 3.04. The fraction of sp³-hybridized carbons (Fsp3) is 0.538. The van der Waals surface area contributed by atoms with Gasteiger partial charge in [-0.2, -0.15) is 32.8 Å². The molecule has 1 fully saturated rings. The first-order chi connectivity index (χ1) is 16.8. The van der Waals surface area contributed by atoms with E-state index in [-0.39, 0.29) is 30.8 Å². The molecule has 10 N–H and O–H groups in total. The van der Waals surface area contributed by atoms with Gasteiger partial charge in [-0.3, -0.25) is 9.09 Å². The van der Waals surface area contributed by atoms with Gasteiger partial charge in [0, 0.05) is 19.0 Å². The summed E-state index contributed by atoms with van der Waals surface area (Å²) in [6.07, 6.45) is -3.24. The van der Waals surface area contributed by atoms with Gasteiger partial charge in [-0.15, -0.1) is 0 Å². The van der Waals surface area contributed by atoms with E-state index < -0.39 is 62.4 Å². The number of phosphoric ester groups is 1. The second-order valence-electron chi connectivity index (χ2n) is 6.95. The number of nitrogen functional groups attached to an aromatic ring is 1. The maximum atomic E-state index is 12.3. The molecule has 1 aromatic heterocycles. The Morgan fingerprint density at radius 3 is 2.41 bits per heavy atom. The van der Waals surface area contributed by atoms with Gasteiger partial charge < -0.3 is 35.2 Å². The van der Waals surface area contributed by atoms with E-state index in [4.69, 9.17) is 39.8 Å². The van der Waals surface area contributed by atoms with E-state index in [0.29, 0.717) is 0 Å². The quantitative estimate of drug-likeness (QED) is 0.0754. The van der Waals surface area contributed by atoms with E-state index in [2.05, 4.69) is 34.5 Å². The molecule has 0 radical (unpaired) electrons. The predicted octanol–water partition coefficient (Wildman–Crippen LogP) is -1.77. The number of aliphatic hydroxyl groups is 1. The first kappa shape index (κ1) is 32.1. The zero-order chi connectivity index (χ0) is 28.2. The summed E-state index contributed by atoms with van der Waals surface area (Å²) in [4.78, 5) is 77.7. The number of nitrogens with zero attached hydrogens (tertiary/aromatic N) is 2. The number of nitrogens with two attached hydrogens (primary N) is 1. The number of ether oxygens (including phenoxy) is 1. The van der Waals surface area contributed by atoms with Gasteiger partial charge in [-0.05, 0) is 0 Å². The van der Waals surface area contributed by atoms with E-state index in [9.17, 15) is 28.5 Å². The van der Waals surface area contributed by atoms with Gasteiger partial charge in [-0.1, -0.05) is 11.8 Å². The molecule has 2 heterocycles. The van der Waals surface area contributed by atoms with E-state index >= 15 is 0 Å². The Morgan fingerprint density at radius 2 is 1.81 bits per heavy atom. The van der Waals surface area contributed by atoms with Crippen molar-refractivity contribution in [1.82, 2.24) is 9.55 Å². The highest BCUT2D eigenvalue weighted by Gasteiger charge is 2.43. The number of aromatic nitrogens is 2. The molecule has 2 rings (SSSR count). The molecular weight excluding hydrogens is 594 g/mol. The van der Waals surface area contributed by atoms with Crippen LogP contribution in [-0.4, -0.2) is 74.3 Å². The molecule has 1 aliphatic rings. The summed E-state index contributed by atoms with van der Waals surface area (Å²) in [7, 11) is -21.2. The van der Waals surface area contributed by atoms with Crippen molar-refractivity contribution in [2.75, 3.05) is 18.9 Å². The molecule has 0 saturated carbocycles. The molecule has 1 aliphatic heterocycles. The Kier molecular flexibility index (Phi) is 10.7. The fourth-order valence-electron chi connectivity index (χ4n) is 2.67. The van der Waals surface area contributed by atoms with Gasteiger partial charge in [0.1, 0.15) is 24.8 Å². The molecule has 0 aliphatic carbocycles. The third-order valence-corrected chi connectivity index (χ3v) is 8.36. The molecule has 0 bridgehead atoms. The maximum Gasteiger partial charge on any atom is 0.567 e. The Balaban J connectivity index is 2.05. The summed E-state index contributed by atoms with van der Waals surface area (Å²) in [6, 6.07) is 0. The monoisotopic (exact) mass is 616 g/mol. The summed E-state index contributed by atoms with van der Waals surface area (Å²) in [5.41, 5.74) is 4.75. The summed E-state index contributed by atoms with van der Waals surface area (Å²) < 4.78 is 56.0. The van der Waals surface area contributed by atoms with Crippen LogP contribution in [-0.2, 0) is 36.1 Å². The SMILES string of the molecule is Nc1nc(=O)n(C2CC(O)C(COP(=O)(O)OP(=O)(O)OP(=O)(O)O)O2)cc1C#CCCO[P+](O)(O)O. The maximum absolute atomic E-state index is 12.3. The van der Waals surface area contributed by atoms with Gasteiger partial charge >= 0.3 is 37.3 Å². The van der Waals surface area contributed by atoms with Gasteiger partial charge in [0.05, 0.1) is 18.3 Å². The topological polar surface area (TPSA) is 320 Å². The number of anilines is 1.